The standard InChI is InChI=1S/C25H25N3O3S/c1-15-8-4-5-9-19(15)26-24(30)13-22-25(31)27-20-10-6-7-11-21(20)28(22)14-23(29)18-12-16(2)32-17(18)3/h4-12,22H,13-14H2,1-3H3,(H,26,30)(H,27,31). The second-order valence-corrected chi connectivity index (χ2v) is 9.43. The number of benzene rings is 2. The minimum atomic E-state index is -0.794. The predicted octanol–water partition coefficient (Wildman–Crippen LogP) is 4.71. The van der Waals surface area contributed by atoms with E-state index in [0.29, 0.717) is 16.9 Å². The molecule has 32 heavy (non-hydrogen) atoms. The highest BCUT2D eigenvalue weighted by Gasteiger charge is 2.36. The molecule has 0 fully saturated rings. The highest BCUT2D eigenvalue weighted by atomic mass is 32.1. The first-order valence-corrected chi connectivity index (χ1v) is 11.3. The molecule has 1 atom stereocenters. The van der Waals surface area contributed by atoms with Crippen molar-refractivity contribution in [3.05, 3.63) is 75.5 Å². The van der Waals surface area contributed by atoms with Crippen LogP contribution < -0.4 is 15.5 Å². The van der Waals surface area contributed by atoms with Gasteiger partial charge < -0.3 is 15.5 Å². The number of nitrogens with one attached hydrogen (secondary N) is 2. The molecule has 3 aromatic rings. The zero-order chi connectivity index (χ0) is 22.8. The van der Waals surface area contributed by atoms with Crippen molar-refractivity contribution in [2.75, 3.05) is 22.1 Å². The van der Waals surface area contributed by atoms with E-state index in [0.717, 1.165) is 21.0 Å². The number of rotatable bonds is 6. The van der Waals surface area contributed by atoms with Crippen molar-refractivity contribution in [3.8, 4) is 0 Å². The van der Waals surface area contributed by atoms with Gasteiger partial charge in [0.05, 0.1) is 24.3 Å². The maximum atomic E-state index is 13.2. The lowest BCUT2D eigenvalue weighted by molar-refractivity contribution is -0.122. The number of carbonyl (C=O) groups excluding carboxylic acids is 3. The van der Waals surface area contributed by atoms with Crippen molar-refractivity contribution >= 4 is 46.0 Å². The number of amides is 2. The molecule has 164 valence electrons. The first-order valence-electron chi connectivity index (χ1n) is 10.5. The van der Waals surface area contributed by atoms with Crippen molar-refractivity contribution in [2.45, 2.75) is 33.2 Å². The van der Waals surface area contributed by atoms with Crippen LogP contribution in [0.1, 0.15) is 32.1 Å². The van der Waals surface area contributed by atoms with E-state index in [1.807, 2.05) is 69.3 Å². The minimum Gasteiger partial charge on any atom is -0.350 e. The van der Waals surface area contributed by atoms with Gasteiger partial charge in [-0.25, -0.2) is 0 Å². The van der Waals surface area contributed by atoms with Crippen LogP contribution >= 0.6 is 11.3 Å². The molecule has 6 nitrogen and oxygen atoms in total. The van der Waals surface area contributed by atoms with Gasteiger partial charge in [-0.1, -0.05) is 30.3 Å². The monoisotopic (exact) mass is 447 g/mol. The topological polar surface area (TPSA) is 78.5 Å². The van der Waals surface area contributed by atoms with Crippen LogP contribution in [0.4, 0.5) is 17.1 Å². The molecule has 1 aromatic heterocycles. The number of Topliss-reactive ketones (excluding diaryl/α,β-unsaturated/α-hetero) is 1. The van der Waals surface area contributed by atoms with Crippen LogP contribution in [0.3, 0.4) is 0 Å². The van der Waals surface area contributed by atoms with Crippen LogP contribution in [-0.2, 0) is 9.59 Å². The summed E-state index contributed by atoms with van der Waals surface area (Å²) in [6.07, 6.45) is -0.0660. The number of aryl methyl sites for hydroxylation is 3. The van der Waals surface area contributed by atoms with Crippen LogP contribution in [0, 0.1) is 20.8 Å². The van der Waals surface area contributed by atoms with Crippen molar-refractivity contribution in [2.24, 2.45) is 0 Å². The summed E-state index contributed by atoms with van der Waals surface area (Å²) in [5.41, 5.74) is 3.69. The Balaban J connectivity index is 1.61. The molecule has 0 spiro atoms. The zero-order valence-electron chi connectivity index (χ0n) is 18.3. The van der Waals surface area contributed by atoms with Gasteiger partial charge in [-0.2, -0.15) is 0 Å². The number of carbonyl (C=O) groups is 3. The predicted molar refractivity (Wildman–Crippen MR) is 129 cm³/mol. The Morgan fingerprint density at radius 2 is 1.78 bits per heavy atom. The molecule has 1 aliphatic rings. The van der Waals surface area contributed by atoms with E-state index in [4.69, 9.17) is 0 Å². The molecule has 1 aliphatic heterocycles. The molecule has 2 heterocycles. The number of thiophene rings is 1. The Kier molecular flexibility index (Phi) is 6.10. The molecule has 2 aromatic carbocycles. The number of anilines is 3. The van der Waals surface area contributed by atoms with E-state index in [-0.39, 0.29) is 30.6 Å². The molecular weight excluding hydrogens is 422 g/mol. The van der Waals surface area contributed by atoms with E-state index in [9.17, 15) is 14.4 Å². The molecule has 7 heteroatoms. The first kappa shape index (κ1) is 21.8. The molecule has 0 saturated carbocycles. The van der Waals surface area contributed by atoms with Gasteiger partial charge in [-0.3, -0.25) is 14.4 Å². The Bertz CT molecular complexity index is 1200. The maximum Gasteiger partial charge on any atom is 0.247 e. The molecule has 4 rings (SSSR count). The van der Waals surface area contributed by atoms with Gasteiger partial charge in [0, 0.05) is 21.0 Å². The molecule has 0 aliphatic carbocycles. The van der Waals surface area contributed by atoms with Crippen molar-refractivity contribution in [3.63, 3.8) is 0 Å². The summed E-state index contributed by atoms with van der Waals surface area (Å²) in [5, 5.41) is 5.77. The smallest absolute Gasteiger partial charge is 0.247 e. The zero-order valence-corrected chi connectivity index (χ0v) is 19.1. The van der Waals surface area contributed by atoms with E-state index in [2.05, 4.69) is 10.6 Å². The van der Waals surface area contributed by atoms with E-state index in [1.54, 1.807) is 22.3 Å². The molecule has 2 N–H and O–H groups in total. The van der Waals surface area contributed by atoms with Crippen LogP contribution in [0.5, 0.6) is 0 Å². The average Bonchev–Trinajstić information content (AvgIpc) is 3.10. The Labute approximate surface area is 191 Å². The Hall–Kier alpha value is -3.45. The summed E-state index contributed by atoms with van der Waals surface area (Å²) < 4.78 is 0. The van der Waals surface area contributed by atoms with Crippen LogP contribution in [-0.4, -0.2) is 30.2 Å². The third-order valence-electron chi connectivity index (χ3n) is 5.60. The van der Waals surface area contributed by atoms with Crippen molar-refractivity contribution < 1.29 is 14.4 Å². The molecule has 0 bridgehead atoms. The molecule has 0 saturated heterocycles. The Morgan fingerprint density at radius 1 is 1.06 bits per heavy atom. The summed E-state index contributed by atoms with van der Waals surface area (Å²) >= 11 is 1.58. The number of hydrogen-bond donors (Lipinski definition) is 2. The quantitative estimate of drug-likeness (QED) is 0.537. The molecule has 1 unspecified atom stereocenters. The fourth-order valence-electron chi connectivity index (χ4n) is 3.99. The molecular formula is C25H25N3O3S. The highest BCUT2D eigenvalue weighted by Crippen LogP contribution is 2.33. The fraction of sp³-hybridized carbons (Fsp3) is 0.240. The van der Waals surface area contributed by atoms with Gasteiger partial charge >= 0.3 is 0 Å². The lowest BCUT2D eigenvalue weighted by Crippen LogP contribution is -2.51. The summed E-state index contributed by atoms with van der Waals surface area (Å²) in [7, 11) is 0. The summed E-state index contributed by atoms with van der Waals surface area (Å²) in [6.45, 7) is 5.82. The number of fused-ring (bicyclic) bond motifs is 1. The third kappa shape index (κ3) is 4.43. The molecule has 2 amide bonds. The normalized spacial score (nSPS) is 15.2. The van der Waals surface area contributed by atoms with Gasteiger partial charge in [0.2, 0.25) is 11.8 Å². The van der Waals surface area contributed by atoms with Gasteiger partial charge in [-0.05, 0) is 50.6 Å². The average molecular weight is 448 g/mol. The van der Waals surface area contributed by atoms with Crippen molar-refractivity contribution in [1.29, 1.82) is 0 Å². The van der Waals surface area contributed by atoms with E-state index >= 15 is 0 Å². The largest absolute Gasteiger partial charge is 0.350 e. The van der Waals surface area contributed by atoms with Crippen LogP contribution in [0.2, 0.25) is 0 Å². The maximum absolute atomic E-state index is 13.2. The van der Waals surface area contributed by atoms with Gasteiger partial charge in [0.25, 0.3) is 0 Å². The van der Waals surface area contributed by atoms with Gasteiger partial charge in [-0.15, -0.1) is 11.3 Å². The fourth-order valence-corrected chi connectivity index (χ4v) is 4.93. The van der Waals surface area contributed by atoms with E-state index in [1.165, 1.54) is 0 Å². The van der Waals surface area contributed by atoms with Gasteiger partial charge in [0.15, 0.2) is 5.78 Å². The van der Waals surface area contributed by atoms with E-state index < -0.39 is 6.04 Å². The number of nitrogens with zero attached hydrogens (tertiary/aromatic N) is 1. The summed E-state index contributed by atoms with van der Waals surface area (Å²) in [5.74, 6) is -0.644. The number of ketones is 1. The van der Waals surface area contributed by atoms with Crippen LogP contribution in [0.15, 0.2) is 54.6 Å². The van der Waals surface area contributed by atoms with Crippen LogP contribution in [0.25, 0.3) is 0 Å². The SMILES string of the molecule is Cc1cc(C(=O)CN2c3ccccc3NC(=O)C2CC(=O)Nc2ccccc2C)c(C)s1. The highest BCUT2D eigenvalue weighted by molar-refractivity contribution is 7.12. The summed E-state index contributed by atoms with van der Waals surface area (Å²) in [4.78, 5) is 42.8. The number of hydrogen-bond acceptors (Lipinski definition) is 5. The Morgan fingerprint density at radius 3 is 2.50 bits per heavy atom. The number of para-hydroxylation sites is 3. The third-order valence-corrected chi connectivity index (χ3v) is 6.57. The second kappa shape index (κ2) is 8.96. The molecule has 0 radical (unpaired) electrons. The first-order chi connectivity index (χ1) is 15.3. The lowest BCUT2D eigenvalue weighted by Gasteiger charge is -2.37. The minimum absolute atomic E-state index is 0.0176. The summed E-state index contributed by atoms with van der Waals surface area (Å²) in [6, 6.07) is 15.9. The second-order valence-electron chi connectivity index (χ2n) is 7.97. The van der Waals surface area contributed by atoms with Gasteiger partial charge in [0.1, 0.15) is 6.04 Å². The lowest BCUT2D eigenvalue weighted by atomic mass is 10.0. The van der Waals surface area contributed by atoms with Crippen molar-refractivity contribution in [1.82, 2.24) is 0 Å².